The van der Waals surface area contributed by atoms with Crippen molar-refractivity contribution in [2.24, 2.45) is 21.7 Å². The number of hydrogen-bond donors (Lipinski definition) is 2. The number of carbonyl (C=O) groups is 1. The van der Waals surface area contributed by atoms with Crippen LogP contribution in [0.5, 0.6) is 0 Å². The summed E-state index contributed by atoms with van der Waals surface area (Å²) in [5, 5.41) is 7.19. The minimum absolute atomic E-state index is 0.0745. The summed E-state index contributed by atoms with van der Waals surface area (Å²) in [4.78, 5) is 14.0. The summed E-state index contributed by atoms with van der Waals surface area (Å²) in [6.07, 6.45) is 1.50. The number of nitrogens with two attached hydrogens (primary N) is 2. The molecule has 0 bridgehead atoms. The Labute approximate surface area is 124 Å². The molecule has 6 nitrogen and oxygen atoms in total. The molecule has 102 valence electrons. The fraction of sp³-hybridized carbons (Fsp3) is 0.182. The van der Waals surface area contributed by atoms with Gasteiger partial charge >= 0.3 is 0 Å². The zero-order valence-corrected chi connectivity index (χ0v) is 12.9. The van der Waals surface area contributed by atoms with Crippen molar-refractivity contribution >= 4 is 45.1 Å². The predicted molar refractivity (Wildman–Crippen MR) is 82.5 cm³/mol. The van der Waals surface area contributed by atoms with Crippen LogP contribution < -0.4 is 11.5 Å². The van der Waals surface area contributed by atoms with Gasteiger partial charge in [0.15, 0.2) is 0 Å². The Balaban J connectivity index is 3.01. The van der Waals surface area contributed by atoms with Crippen molar-refractivity contribution < 1.29 is 4.79 Å². The molecule has 0 fully saturated rings. The molecule has 0 aromatic heterocycles. The molecule has 19 heavy (non-hydrogen) atoms. The minimum atomic E-state index is -0.119. The normalized spacial score (nSPS) is 10.5. The lowest BCUT2D eigenvalue weighted by atomic mass is 10.2. The van der Waals surface area contributed by atoms with Gasteiger partial charge in [-0.2, -0.15) is 5.10 Å². The quantitative estimate of drug-likeness (QED) is 0.378. The molecule has 1 aromatic rings. The first-order valence-corrected chi connectivity index (χ1v) is 6.81. The lowest BCUT2D eigenvalue weighted by Crippen LogP contribution is -2.21. The maximum absolute atomic E-state index is 11.7. The van der Waals surface area contributed by atoms with Crippen molar-refractivity contribution in [3.63, 3.8) is 0 Å². The Kier molecular flexibility index (Phi) is 5.84. The number of rotatable bonds is 3. The molecule has 0 unspecified atom stereocenters. The zero-order chi connectivity index (χ0) is 14.4. The van der Waals surface area contributed by atoms with Gasteiger partial charge in [-0.1, -0.05) is 22.0 Å². The first-order chi connectivity index (χ1) is 8.90. The van der Waals surface area contributed by atoms with Crippen LogP contribution in [-0.4, -0.2) is 36.4 Å². The third-order valence-electron chi connectivity index (χ3n) is 1.91. The van der Waals surface area contributed by atoms with Gasteiger partial charge in [0, 0.05) is 29.0 Å². The van der Waals surface area contributed by atoms with Crippen LogP contribution in [0, 0.1) is 0 Å². The number of carbonyl (C=O) groups excluding carboxylic acids is 1. The van der Waals surface area contributed by atoms with Gasteiger partial charge in [0.05, 0.1) is 6.21 Å². The molecule has 0 heterocycles. The van der Waals surface area contributed by atoms with Crippen LogP contribution in [0.15, 0.2) is 37.8 Å². The summed E-state index contributed by atoms with van der Waals surface area (Å²) in [5.41, 5.74) is 11.1. The van der Waals surface area contributed by atoms with E-state index in [4.69, 9.17) is 11.5 Å². The first kappa shape index (κ1) is 15.5. The summed E-state index contributed by atoms with van der Waals surface area (Å²) in [5.74, 6) is -0.119. The maximum atomic E-state index is 11.7. The van der Waals surface area contributed by atoms with Gasteiger partial charge in [0.2, 0.25) is 5.96 Å². The van der Waals surface area contributed by atoms with E-state index in [0.717, 1.165) is 26.7 Å². The van der Waals surface area contributed by atoms with E-state index in [0.29, 0.717) is 0 Å². The molecule has 0 aliphatic heterocycles. The van der Waals surface area contributed by atoms with Crippen LogP contribution in [0.25, 0.3) is 0 Å². The van der Waals surface area contributed by atoms with E-state index in [1.54, 1.807) is 14.1 Å². The standard InChI is InChI=1S/C11H14BrN5OS/c1-17(2)11(18)19-9-5-8(12)4-3-7(9)6-15-16-10(13)14/h3-6H,1-2H3,(H4,13,14,16). The largest absolute Gasteiger partial charge is 0.369 e. The van der Waals surface area contributed by atoms with Crippen molar-refractivity contribution in [3.8, 4) is 0 Å². The van der Waals surface area contributed by atoms with Crippen LogP contribution in [0.2, 0.25) is 0 Å². The Bertz CT molecular complexity index is 526. The maximum Gasteiger partial charge on any atom is 0.285 e. The molecule has 0 saturated carbocycles. The molecular formula is C11H14BrN5OS. The Morgan fingerprint density at radius 1 is 1.42 bits per heavy atom. The number of thioether (sulfide) groups is 1. The summed E-state index contributed by atoms with van der Waals surface area (Å²) in [6, 6.07) is 5.51. The molecule has 0 radical (unpaired) electrons. The monoisotopic (exact) mass is 343 g/mol. The smallest absolute Gasteiger partial charge is 0.285 e. The molecule has 0 atom stereocenters. The van der Waals surface area contributed by atoms with Crippen molar-refractivity contribution in [1.82, 2.24) is 4.90 Å². The molecule has 1 aromatic carbocycles. The highest BCUT2D eigenvalue weighted by Gasteiger charge is 2.10. The van der Waals surface area contributed by atoms with E-state index in [1.807, 2.05) is 18.2 Å². The minimum Gasteiger partial charge on any atom is -0.369 e. The second-order valence-corrected chi connectivity index (χ2v) is 5.62. The average Bonchev–Trinajstić information content (AvgIpc) is 2.31. The third kappa shape index (κ3) is 5.31. The van der Waals surface area contributed by atoms with Gasteiger partial charge in [-0.3, -0.25) is 4.79 Å². The summed E-state index contributed by atoms with van der Waals surface area (Å²) in [6.45, 7) is 0. The molecule has 1 rings (SSSR count). The van der Waals surface area contributed by atoms with Crippen LogP contribution in [0.4, 0.5) is 4.79 Å². The summed E-state index contributed by atoms with van der Waals surface area (Å²) in [7, 11) is 3.39. The second kappa shape index (κ2) is 7.15. The van der Waals surface area contributed by atoms with Crippen molar-refractivity contribution in [1.29, 1.82) is 0 Å². The SMILES string of the molecule is CN(C)C(=O)Sc1cc(Br)ccc1C=NN=C(N)N. The molecular weight excluding hydrogens is 330 g/mol. The topological polar surface area (TPSA) is 97.1 Å². The van der Waals surface area contributed by atoms with Gasteiger partial charge in [-0.15, -0.1) is 5.10 Å². The van der Waals surface area contributed by atoms with Gasteiger partial charge < -0.3 is 16.4 Å². The molecule has 4 N–H and O–H groups in total. The molecule has 8 heteroatoms. The van der Waals surface area contributed by atoms with E-state index in [-0.39, 0.29) is 11.2 Å². The molecule has 0 aliphatic rings. The zero-order valence-electron chi connectivity index (χ0n) is 10.5. The third-order valence-corrected chi connectivity index (χ3v) is 3.51. The highest BCUT2D eigenvalue weighted by atomic mass is 79.9. The molecule has 0 spiro atoms. The molecule has 1 amide bonds. The summed E-state index contributed by atoms with van der Waals surface area (Å²) < 4.78 is 0.876. The number of halogens is 1. The lowest BCUT2D eigenvalue weighted by Gasteiger charge is -2.10. The van der Waals surface area contributed by atoms with Crippen LogP contribution in [0.1, 0.15) is 5.56 Å². The highest BCUT2D eigenvalue weighted by molar-refractivity contribution is 9.10. The van der Waals surface area contributed by atoms with Gasteiger partial charge in [0.1, 0.15) is 0 Å². The number of guanidine groups is 1. The Morgan fingerprint density at radius 2 is 2.11 bits per heavy atom. The van der Waals surface area contributed by atoms with E-state index in [9.17, 15) is 4.79 Å². The van der Waals surface area contributed by atoms with Crippen LogP contribution in [0.3, 0.4) is 0 Å². The van der Waals surface area contributed by atoms with E-state index in [1.165, 1.54) is 11.1 Å². The fourth-order valence-electron chi connectivity index (χ4n) is 1.05. The van der Waals surface area contributed by atoms with Crippen molar-refractivity contribution in [2.75, 3.05) is 14.1 Å². The number of hydrogen-bond acceptors (Lipinski definition) is 4. The van der Waals surface area contributed by atoms with Gasteiger partial charge in [0.25, 0.3) is 5.24 Å². The average molecular weight is 344 g/mol. The van der Waals surface area contributed by atoms with Crippen LogP contribution >= 0.6 is 27.7 Å². The van der Waals surface area contributed by atoms with Gasteiger partial charge in [-0.05, 0) is 23.9 Å². The van der Waals surface area contributed by atoms with Crippen molar-refractivity contribution in [2.45, 2.75) is 4.90 Å². The second-order valence-electron chi connectivity index (χ2n) is 3.71. The number of benzene rings is 1. The molecule has 0 aliphatic carbocycles. The van der Waals surface area contributed by atoms with Crippen molar-refractivity contribution in [3.05, 3.63) is 28.2 Å². The Hall–Kier alpha value is -1.54. The Morgan fingerprint density at radius 3 is 2.68 bits per heavy atom. The first-order valence-electron chi connectivity index (χ1n) is 5.21. The highest BCUT2D eigenvalue weighted by Crippen LogP contribution is 2.27. The van der Waals surface area contributed by atoms with E-state index < -0.39 is 0 Å². The number of amides is 1. The predicted octanol–water partition coefficient (Wildman–Crippen LogP) is 1.83. The summed E-state index contributed by atoms with van der Waals surface area (Å²) >= 11 is 4.47. The van der Waals surface area contributed by atoms with Gasteiger partial charge in [-0.25, -0.2) is 0 Å². The van der Waals surface area contributed by atoms with Crippen LogP contribution in [-0.2, 0) is 0 Å². The lowest BCUT2D eigenvalue weighted by molar-refractivity contribution is 0.241. The fourth-order valence-corrected chi connectivity index (χ4v) is 2.35. The number of nitrogens with zero attached hydrogens (tertiary/aromatic N) is 3. The molecule has 0 saturated heterocycles. The van der Waals surface area contributed by atoms with E-state index in [2.05, 4.69) is 26.1 Å². The van der Waals surface area contributed by atoms with E-state index >= 15 is 0 Å².